The van der Waals surface area contributed by atoms with E-state index in [2.05, 4.69) is 40.1 Å². The van der Waals surface area contributed by atoms with Gasteiger partial charge in [-0.1, -0.05) is 111 Å². The lowest BCUT2D eigenvalue weighted by atomic mass is 9.77. The first-order valence-electron chi connectivity index (χ1n) is 21.0. The smallest absolute Gasteiger partial charge is 0.407 e. The third kappa shape index (κ3) is 13.1. The second-order valence-electron chi connectivity index (χ2n) is 17.0. The molecule has 3 atom stereocenters. The van der Waals surface area contributed by atoms with E-state index in [0.29, 0.717) is 22.2 Å². The predicted octanol–water partition coefficient (Wildman–Crippen LogP) is 7.08. The lowest BCUT2D eigenvalue weighted by Gasteiger charge is -2.36. The molecule has 1 fully saturated rings. The molecule has 0 spiro atoms. The second-order valence-corrected chi connectivity index (χ2v) is 25.4. The van der Waals surface area contributed by atoms with Crippen molar-refractivity contribution in [3.8, 4) is 0 Å². The van der Waals surface area contributed by atoms with Gasteiger partial charge in [-0.15, -0.1) is 16.3 Å². The molecule has 1 saturated heterocycles. The molecule has 2 heterocycles. The van der Waals surface area contributed by atoms with Crippen molar-refractivity contribution in [3.63, 3.8) is 0 Å². The number of ether oxygens (including phenoxy) is 2. The van der Waals surface area contributed by atoms with Gasteiger partial charge >= 0.3 is 12.1 Å². The number of aliphatic imine (C=N–C) groups is 2. The standard InChI is InChI=1S/C46H53N7O9S2Si/c1-45(2,42(56)60-26-28-65(3,4)5)62-52-64-31-36(48-43(64)51-46(33-15-9-6-10-16-33,34-17-11-7-12-18-34)35-19-13-8-14-20-35)29-38(54)49-39-40(55)50-41(39)63-27-25-47-44(57)61-30-32-21-23-37(24-22-32)53(58)59/h6-24,39,41H,25-31H2,1-5H3,(H,47,57)(H,49,54)(H,50,55)/t39-,41-,64?/m1/s1. The van der Waals surface area contributed by atoms with Crippen molar-refractivity contribution >= 4 is 71.0 Å². The molecule has 65 heavy (non-hydrogen) atoms. The van der Waals surface area contributed by atoms with Gasteiger partial charge in [-0.3, -0.25) is 19.7 Å². The number of carbonyl (C=O) groups is 4. The summed E-state index contributed by atoms with van der Waals surface area (Å²) in [6, 6.07) is 35.2. The minimum absolute atomic E-state index is 0.0630. The number of alkyl carbamates (subject to hydrolysis) is 1. The van der Waals surface area contributed by atoms with Crippen LogP contribution in [-0.4, -0.2) is 89.4 Å². The van der Waals surface area contributed by atoms with Gasteiger partial charge < -0.3 is 25.4 Å². The molecule has 0 radical (unpaired) electrons. The van der Waals surface area contributed by atoms with Gasteiger partial charge in [0.1, 0.15) is 23.6 Å². The molecule has 3 N–H and O–H groups in total. The van der Waals surface area contributed by atoms with Gasteiger partial charge in [-0.2, -0.15) is 0 Å². The minimum atomic E-state index is -1.46. The number of nitro groups is 1. The Balaban J connectivity index is 1.18. The number of amides is 3. The van der Waals surface area contributed by atoms with Crippen molar-refractivity contribution in [2.24, 2.45) is 14.5 Å². The Morgan fingerprint density at radius 3 is 2.03 bits per heavy atom. The van der Waals surface area contributed by atoms with E-state index in [4.69, 9.17) is 24.3 Å². The molecular weight excluding hydrogens is 887 g/mol. The molecule has 1 unspecified atom stereocenters. The van der Waals surface area contributed by atoms with Crippen molar-refractivity contribution in [2.45, 2.75) is 75.1 Å². The lowest BCUT2D eigenvalue weighted by Crippen LogP contribution is -2.68. The molecule has 4 aromatic carbocycles. The summed E-state index contributed by atoms with van der Waals surface area (Å²) in [4.78, 5) is 78.6. The van der Waals surface area contributed by atoms with Gasteiger partial charge in [-0.25, -0.2) is 24.4 Å². The number of rotatable bonds is 20. The summed E-state index contributed by atoms with van der Waals surface area (Å²) in [7, 11) is -2.65. The number of nitro benzene ring substituents is 1. The Kier molecular flexibility index (Phi) is 16.2. The first kappa shape index (κ1) is 48.4. The number of amidine groups is 1. The van der Waals surface area contributed by atoms with Gasteiger partial charge in [0.15, 0.2) is 10.8 Å². The van der Waals surface area contributed by atoms with E-state index in [1.165, 1.54) is 36.0 Å². The van der Waals surface area contributed by atoms with E-state index >= 15 is 0 Å². The fourth-order valence-corrected chi connectivity index (χ4v) is 9.90. The van der Waals surface area contributed by atoms with Crippen LogP contribution in [0.5, 0.6) is 0 Å². The van der Waals surface area contributed by atoms with Crippen molar-refractivity contribution in [1.29, 1.82) is 0 Å². The number of β-lactam (4-membered cyclic amide) rings is 1. The van der Waals surface area contributed by atoms with E-state index in [1.807, 2.05) is 91.0 Å². The highest BCUT2D eigenvalue weighted by Gasteiger charge is 2.42. The molecule has 0 aliphatic carbocycles. The third-order valence-electron chi connectivity index (χ3n) is 10.3. The quantitative estimate of drug-likeness (QED) is 0.0156. The van der Waals surface area contributed by atoms with Gasteiger partial charge in [0.2, 0.25) is 11.8 Å². The van der Waals surface area contributed by atoms with Crippen LogP contribution in [0.2, 0.25) is 25.7 Å². The molecule has 0 bridgehead atoms. The Morgan fingerprint density at radius 1 is 0.908 bits per heavy atom. The van der Waals surface area contributed by atoms with Crippen LogP contribution < -0.4 is 16.0 Å². The zero-order chi connectivity index (χ0) is 46.6. The van der Waals surface area contributed by atoms with Gasteiger partial charge in [-0.05, 0) is 54.3 Å². The molecule has 3 amide bonds. The average Bonchev–Trinajstić information content (AvgIpc) is 3.67. The van der Waals surface area contributed by atoms with Crippen LogP contribution in [0.15, 0.2) is 130 Å². The zero-order valence-corrected chi connectivity index (χ0v) is 39.5. The first-order chi connectivity index (χ1) is 31.0. The monoisotopic (exact) mass is 939 g/mol. The molecule has 19 heteroatoms. The Bertz CT molecular complexity index is 2340. The average molecular weight is 940 g/mol. The van der Waals surface area contributed by atoms with Crippen molar-refractivity contribution in [2.75, 3.05) is 24.7 Å². The number of carbonyl (C=O) groups excluding carboxylic acids is 4. The van der Waals surface area contributed by atoms with Crippen LogP contribution >= 0.6 is 11.8 Å². The van der Waals surface area contributed by atoms with Crippen LogP contribution in [0.4, 0.5) is 10.5 Å². The summed E-state index contributed by atoms with van der Waals surface area (Å²) in [6.07, 6.45) is -0.823. The highest BCUT2D eigenvalue weighted by molar-refractivity contribution is 8.03. The van der Waals surface area contributed by atoms with E-state index in [9.17, 15) is 29.3 Å². The SMILES string of the molecule is CC(C)(ON=S1CC(CC(=O)N[C@@H]2C(=O)N[C@@H]2SCCNC(=O)OCc2ccc([N+](=O)[O-])cc2)=NC1=NC(c1ccccc1)(c1ccccc1)c1ccccc1)C(=O)OCC[Si](C)(C)C. The summed E-state index contributed by atoms with van der Waals surface area (Å²) in [5.74, 6) is -0.741. The number of hydrogen-bond acceptors (Lipinski definition) is 12. The second kappa shape index (κ2) is 21.8. The minimum Gasteiger partial charge on any atom is -0.464 e. The van der Waals surface area contributed by atoms with E-state index in [1.54, 1.807) is 13.8 Å². The van der Waals surface area contributed by atoms with Crippen LogP contribution in [-0.2, 0) is 51.5 Å². The normalized spacial score (nSPS) is 18.0. The van der Waals surface area contributed by atoms with Gasteiger partial charge in [0.05, 0.1) is 23.7 Å². The molecular formula is C46H53N7O9S2Si. The number of hydrogen-bond donors (Lipinski definition) is 3. The van der Waals surface area contributed by atoms with Crippen LogP contribution in [0.1, 0.15) is 42.5 Å². The fraction of sp³-hybridized carbons (Fsp3) is 0.348. The molecule has 0 aromatic heterocycles. The van der Waals surface area contributed by atoms with Crippen molar-refractivity contribution < 1.29 is 38.4 Å². The van der Waals surface area contributed by atoms with Gasteiger partial charge in [0.25, 0.3) is 5.69 Å². The number of non-ortho nitro benzene ring substituents is 1. The van der Waals surface area contributed by atoms with Crippen LogP contribution in [0.3, 0.4) is 0 Å². The summed E-state index contributed by atoms with van der Waals surface area (Å²) < 4.78 is 15.4. The summed E-state index contributed by atoms with van der Waals surface area (Å²) in [5, 5.41) is 19.0. The maximum atomic E-state index is 13.6. The maximum absolute atomic E-state index is 13.6. The van der Waals surface area contributed by atoms with E-state index in [-0.39, 0.29) is 43.5 Å². The van der Waals surface area contributed by atoms with Crippen molar-refractivity contribution in [3.05, 3.63) is 148 Å². The van der Waals surface area contributed by atoms with Crippen LogP contribution in [0, 0.1) is 10.1 Å². The number of nitrogens with zero attached hydrogens (tertiary/aromatic N) is 4. The van der Waals surface area contributed by atoms with Crippen molar-refractivity contribution in [1.82, 2.24) is 16.0 Å². The van der Waals surface area contributed by atoms with Crippen LogP contribution in [0.25, 0.3) is 0 Å². The number of benzene rings is 4. The predicted molar refractivity (Wildman–Crippen MR) is 255 cm³/mol. The molecule has 2 aliphatic heterocycles. The highest BCUT2D eigenvalue weighted by atomic mass is 32.2. The summed E-state index contributed by atoms with van der Waals surface area (Å²) in [5.41, 5.74) is 1.09. The third-order valence-corrected chi connectivity index (χ3v) is 14.6. The fourth-order valence-electron chi connectivity index (χ4n) is 6.64. The van der Waals surface area contributed by atoms with Gasteiger partial charge in [0, 0.05) is 48.9 Å². The summed E-state index contributed by atoms with van der Waals surface area (Å²) >= 11 is 1.34. The maximum Gasteiger partial charge on any atom is 0.407 e. The number of nitrogens with one attached hydrogen (secondary N) is 3. The molecule has 2 aliphatic rings. The van der Waals surface area contributed by atoms with E-state index < -0.39 is 64.2 Å². The number of esters is 1. The lowest BCUT2D eigenvalue weighted by molar-refractivity contribution is -0.384. The molecule has 4 aromatic rings. The molecule has 6 rings (SSSR count). The molecule has 0 saturated carbocycles. The highest BCUT2D eigenvalue weighted by Crippen LogP contribution is 2.41. The Hall–Kier alpha value is -6.02. The molecule has 16 nitrogen and oxygen atoms in total. The largest absolute Gasteiger partial charge is 0.464 e. The first-order valence-corrected chi connectivity index (χ1v) is 27.1. The Morgan fingerprint density at radius 2 is 1.49 bits per heavy atom. The van der Waals surface area contributed by atoms with E-state index in [0.717, 1.165) is 22.7 Å². The molecule has 342 valence electrons. The topological polar surface area (TPSA) is 212 Å². The number of thioether (sulfide) groups is 1. The Labute approximate surface area is 385 Å². The summed E-state index contributed by atoms with van der Waals surface area (Å²) in [6.45, 7) is 10.2. The zero-order valence-electron chi connectivity index (χ0n) is 36.9.